The molecular formula is C26H47BrN4O3. The molecular weight excluding hydrogens is 496 g/mol. The van der Waals surface area contributed by atoms with Gasteiger partial charge >= 0.3 is 0 Å². The van der Waals surface area contributed by atoms with E-state index in [1.165, 1.54) is 11.1 Å². The predicted octanol–water partition coefficient (Wildman–Crippen LogP) is 4.37. The first-order valence-corrected chi connectivity index (χ1v) is 12.5. The summed E-state index contributed by atoms with van der Waals surface area (Å²) in [5.41, 5.74) is 4.53. The van der Waals surface area contributed by atoms with Crippen LogP contribution in [0.1, 0.15) is 89.7 Å². The molecule has 196 valence electrons. The molecule has 0 aliphatic rings. The Kier molecular flexibility index (Phi) is 18.9. The van der Waals surface area contributed by atoms with Crippen LogP contribution in [0, 0.1) is 0 Å². The molecule has 1 aromatic rings. The highest BCUT2D eigenvalue weighted by atomic mass is 79.9. The maximum Gasteiger partial charge on any atom is 0.243 e. The van der Waals surface area contributed by atoms with Crippen LogP contribution in [0.3, 0.4) is 0 Å². The number of carbonyl (C=O) groups is 2. The van der Waals surface area contributed by atoms with Gasteiger partial charge in [0.25, 0.3) is 0 Å². The lowest BCUT2D eigenvalue weighted by molar-refractivity contribution is -0.129. The molecule has 8 heteroatoms. The van der Waals surface area contributed by atoms with Crippen molar-refractivity contribution in [2.45, 2.75) is 90.5 Å². The van der Waals surface area contributed by atoms with Gasteiger partial charge in [0.15, 0.2) is 0 Å². The number of halogens is 1. The Morgan fingerprint density at radius 2 is 1.29 bits per heavy atom. The van der Waals surface area contributed by atoms with Gasteiger partial charge in [-0.2, -0.15) is 0 Å². The largest absolute Gasteiger partial charge is 0.356 e. The molecule has 0 fully saturated rings. The summed E-state index contributed by atoms with van der Waals surface area (Å²) in [5.74, 6) is -0.252. The lowest BCUT2D eigenvalue weighted by Crippen LogP contribution is -2.27. The first kappa shape index (κ1) is 32.5. The Morgan fingerprint density at radius 1 is 0.735 bits per heavy atom. The number of nitrogens with one attached hydrogen (secondary N) is 4. The standard InChI is InChI=1S/C26H46N4O3.BrH/c1-26(2,3)23-15-13-22(14-16-23)21-28-18-9-8-17-27-19-10-20-29-24(31)11-6-4-5-7-12-25(32)30-33;/h13-16,27-28,33H,4-12,17-21H2,1-3H3,(H,29,31)(H,30,32);1H. The second-order valence-corrected chi connectivity index (χ2v) is 9.73. The Hall–Kier alpha value is -1.48. The molecule has 0 aromatic heterocycles. The Balaban J connectivity index is 0.0000109. The summed E-state index contributed by atoms with van der Waals surface area (Å²) >= 11 is 0. The molecule has 0 heterocycles. The smallest absolute Gasteiger partial charge is 0.243 e. The third-order valence-electron chi connectivity index (χ3n) is 5.64. The molecule has 34 heavy (non-hydrogen) atoms. The number of rotatable bonds is 18. The monoisotopic (exact) mass is 542 g/mol. The third kappa shape index (κ3) is 17.0. The normalized spacial score (nSPS) is 11.1. The summed E-state index contributed by atoms with van der Waals surface area (Å²) in [6.45, 7) is 11.3. The van der Waals surface area contributed by atoms with Crippen molar-refractivity contribution in [2.24, 2.45) is 0 Å². The summed E-state index contributed by atoms with van der Waals surface area (Å²) in [6, 6.07) is 8.90. The average Bonchev–Trinajstić information content (AvgIpc) is 2.79. The van der Waals surface area contributed by atoms with E-state index in [0.29, 0.717) is 19.4 Å². The molecule has 0 aliphatic heterocycles. The molecule has 0 atom stereocenters. The Bertz CT molecular complexity index is 663. The highest BCUT2D eigenvalue weighted by Gasteiger charge is 2.12. The fourth-order valence-electron chi connectivity index (χ4n) is 3.49. The van der Waals surface area contributed by atoms with Crippen LogP contribution in [0.2, 0.25) is 0 Å². The first-order valence-electron chi connectivity index (χ1n) is 12.5. The highest BCUT2D eigenvalue weighted by Crippen LogP contribution is 2.22. The number of benzene rings is 1. The summed E-state index contributed by atoms with van der Waals surface area (Å²) in [7, 11) is 0. The fraction of sp³-hybridized carbons (Fsp3) is 0.692. The van der Waals surface area contributed by atoms with Crippen molar-refractivity contribution in [1.82, 2.24) is 21.4 Å². The molecule has 2 amide bonds. The van der Waals surface area contributed by atoms with Gasteiger partial charge in [-0.3, -0.25) is 14.8 Å². The van der Waals surface area contributed by atoms with Crippen LogP contribution in [0.5, 0.6) is 0 Å². The van der Waals surface area contributed by atoms with Crippen molar-refractivity contribution >= 4 is 28.8 Å². The minimum absolute atomic E-state index is 0. The van der Waals surface area contributed by atoms with E-state index in [1.807, 2.05) is 0 Å². The van der Waals surface area contributed by atoms with Gasteiger partial charge in [0.05, 0.1) is 0 Å². The van der Waals surface area contributed by atoms with E-state index >= 15 is 0 Å². The Morgan fingerprint density at radius 3 is 1.88 bits per heavy atom. The topological polar surface area (TPSA) is 102 Å². The van der Waals surface area contributed by atoms with E-state index in [1.54, 1.807) is 5.48 Å². The molecule has 0 unspecified atom stereocenters. The van der Waals surface area contributed by atoms with E-state index in [2.05, 4.69) is 61.0 Å². The van der Waals surface area contributed by atoms with Gasteiger partial charge in [-0.15, -0.1) is 17.0 Å². The highest BCUT2D eigenvalue weighted by molar-refractivity contribution is 8.93. The second kappa shape index (κ2) is 19.8. The van der Waals surface area contributed by atoms with Crippen LogP contribution in [0.4, 0.5) is 0 Å². The molecule has 5 N–H and O–H groups in total. The predicted molar refractivity (Wildman–Crippen MR) is 145 cm³/mol. The summed E-state index contributed by atoms with van der Waals surface area (Å²) in [4.78, 5) is 22.7. The van der Waals surface area contributed by atoms with Crippen molar-refractivity contribution in [2.75, 3.05) is 26.2 Å². The van der Waals surface area contributed by atoms with Crippen LogP contribution >= 0.6 is 17.0 Å². The molecule has 0 saturated heterocycles. The molecule has 1 aromatic carbocycles. The zero-order chi connectivity index (χ0) is 24.4. The maximum atomic E-state index is 11.8. The van der Waals surface area contributed by atoms with E-state index in [4.69, 9.17) is 5.21 Å². The van der Waals surface area contributed by atoms with Gasteiger partial charge in [-0.1, -0.05) is 57.9 Å². The van der Waals surface area contributed by atoms with E-state index in [0.717, 1.165) is 71.1 Å². The van der Waals surface area contributed by atoms with Crippen molar-refractivity contribution in [1.29, 1.82) is 0 Å². The van der Waals surface area contributed by atoms with Gasteiger partial charge in [-0.25, -0.2) is 5.48 Å². The molecule has 0 saturated carbocycles. The van der Waals surface area contributed by atoms with Crippen LogP contribution < -0.4 is 21.4 Å². The van der Waals surface area contributed by atoms with Crippen molar-refractivity contribution in [3.63, 3.8) is 0 Å². The van der Waals surface area contributed by atoms with Gasteiger partial charge < -0.3 is 16.0 Å². The number of carbonyl (C=O) groups excluding carboxylic acids is 2. The van der Waals surface area contributed by atoms with Crippen molar-refractivity contribution in [3.8, 4) is 0 Å². The molecule has 1 rings (SSSR count). The van der Waals surface area contributed by atoms with E-state index in [-0.39, 0.29) is 34.2 Å². The summed E-state index contributed by atoms with van der Waals surface area (Å²) < 4.78 is 0. The molecule has 0 bridgehead atoms. The SMILES string of the molecule is Br.CC(C)(C)c1ccc(CNCCCCNCCCNC(=O)CCCCCCC(=O)NO)cc1. The second-order valence-electron chi connectivity index (χ2n) is 9.73. The van der Waals surface area contributed by atoms with Crippen molar-refractivity contribution in [3.05, 3.63) is 35.4 Å². The van der Waals surface area contributed by atoms with Crippen LogP contribution in [0.25, 0.3) is 0 Å². The summed E-state index contributed by atoms with van der Waals surface area (Å²) in [5, 5.41) is 18.3. The number of unbranched alkanes of at least 4 members (excludes halogenated alkanes) is 4. The molecule has 0 radical (unpaired) electrons. The quantitative estimate of drug-likeness (QED) is 0.108. The first-order chi connectivity index (χ1) is 15.8. The van der Waals surface area contributed by atoms with Crippen LogP contribution in [-0.4, -0.2) is 43.2 Å². The van der Waals surface area contributed by atoms with Gasteiger partial charge in [-0.05, 0) is 68.3 Å². The van der Waals surface area contributed by atoms with Crippen LogP contribution in [-0.2, 0) is 21.5 Å². The minimum atomic E-state index is -0.351. The van der Waals surface area contributed by atoms with E-state index < -0.39 is 0 Å². The zero-order valence-electron chi connectivity index (χ0n) is 21.4. The zero-order valence-corrected chi connectivity index (χ0v) is 23.1. The molecule has 0 aliphatic carbocycles. The lowest BCUT2D eigenvalue weighted by Gasteiger charge is -2.19. The number of hydrogen-bond acceptors (Lipinski definition) is 5. The summed E-state index contributed by atoms with van der Waals surface area (Å²) in [6.07, 6.45) is 7.48. The third-order valence-corrected chi connectivity index (χ3v) is 5.64. The minimum Gasteiger partial charge on any atom is -0.356 e. The van der Waals surface area contributed by atoms with Gasteiger partial charge in [0, 0.05) is 25.9 Å². The molecule has 0 spiro atoms. The fourth-order valence-corrected chi connectivity index (χ4v) is 3.49. The van der Waals surface area contributed by atoms with Crippen molar-refractivity contribution < 1.29 is 14.8 Å². The number of hydrogen-bond donors (Lipinski definition) is 5. The maximum absolute atomic E-state index is 11.8. The molecule has 7 nitrogen and oxygen atoms in total. The van der Waals surface area contributed by atoms with Crippen LogP contribution in [0.15, 0.2) is 24.3 Å². The van der Waals surface area contributed by atoms with Gasteiger partial charge in [0.1, 0.15) is 0 Å². The van der Waals surface area contributed by atoms with E-state index in [9.17, 15) is 9.59 Å². The lowest BCUT2D eigenvalue weighted by atomic mass is 9.87. The number of hydroxylamine groups is 1. The Labute approximate surface area is 217 Å². The average molecular weight is 544 g/mol. The van der Waals surface area contributed by atoms with Gasteiger partial charge in [0.2, 0.25) is 11.8 Å². The number of amides is 2.